The Morgan fingerprint density at radius 3 is 2.81 bits per heavy atom. The molecule has 0 amide bonds. The van der Waals surface area contributed by atoms with Gasteiger partial charge in [-0.1, -0.05) is 34.1 Å². The number of rotatable bonds is 2. The van der Waals surface area contributed by atoms with Crippen molar-refractivity contribution in [3.63, 3.8) is 0 Å². The Balaban J connectivity index is 1.69. The lowest BCUT2D eigenvalue weighted by Crippen LogP contribution is -2.31. The van der Waals surface area contributed by atoms with E-state index in [0.717, 1.165) is 30.9 Å². The molecule has 2 aromatic rings. The van der Waals surface area contributed by atoms with Gasteiger partial charge in [0.05, 0.1) is 0 Å². The Morgan fingerprint density at radius 2 is 1.95 bits per heavy atom. The van der Waals surface area contributed by atoms with E-state index in [9.17, 15) is 0 Å². The van der Waals surface area contributed by atoms with Crippen LogP contribution in [0.3, 0.4) is 0 Å². The van der Waals surface area contributed by atoms with Crippen molar-refractivity contribution in [2.75, 3.05) is 13.3 Å². The summed E-state index contributed by atoms with van der Waals surface area (Å²) >= 11 is 3.64. The van der Waals surface area contributed by atoms with Crippen molar-refractivity contribution in [3.8, 4) is 11.5 Å². The lowest BCUT2D eigenvalue weighted by molar-refractivity contribution is 0.174. The lowest BCUT2D eigenvalue weighted by Gasteiger charge is -2.27. The summed E-state index contributed by atoms with van der Waals surface area (Å²) in [6, 6.07) is 13.0. The van der Waals surface area contributed by atoms with E-state index in [1.165, 1.54) is 21.2 Å². The summed E-state index contributed by atoms with van der Waals surface area (Å²) in [4.78, 5) is 0. The molecule has 0 saturated heterocycles. The fourth-order valence-electron chi connectivity index (χ4n) is 3.10. The topological polar surface area (TPSA) is 30.5 Å². The third kappa shape index (κ3) is 2.43. The maximum Gasteiger partial charge on any atom is 0.231 e. The van der Waals surface area contributed by atoms with Crippen LogP contribution in [0, 0.1) is 0 Å². The third-order valence-electron chi connectivity index (χ3n) is 4.18. The molecule has 0 bridgehead atoms. The van der Waals surface area contributed by atoms with E-state index in [-0.39, 0.29) is 0 Å². The van der Waals surface area contributed by atoms with Crippen LogP contribution in [0.15, 0.2) is 40.9 Å². The maximum absolute atomic E-state index is 5.53. The maximum atomic E-state index is 5.53. The number of fused-ring (bicyclic) bond motifs is 2. The van der Waals surface area contributed by atoms with E-state index in [1.807, 2.05) is 6.07 Å². The molecule has 2 aliphatic rings. The van der Waals surface area contributed by atoms with Gasteiger partial charge in [-0.05, 0) is 54.3 Å². The van der Waals surface area contributed by atoms with Gasteiger partial charge in [-0.3, -0.25) is 0 Å². The molecule has 0 radical (unpaired) electrons. The number of ether oxygens (including phenoxy) is 2. The minimum Gasteiger partial charge on any atom is -0.454 e. The molecule has 0 saturated carbocycles. The van der Waals surface area contributed by atoms with Gasteiger partial charge in [-0.2, -0.15) is 0 Å². The first-order valence-corrected chi connectivity index (χ1v) is 8.00. The summed E-state index contributed by atoms with van der Waals surface area (Å²) in [5.41, 5.74) is 4.02. The van der Waals surface area contributed by atoms with Gasteiger partial charge in [0.25, 0.3) is 0 Å². The van der Waals surface area contributed by atoms with Crippen LogP contribution in [-0.4, -0.2) is 13.3 Å². The molecule has 1 unspecified atom stereocenters. The van der Waals surface area contributed by atoms with Gasteiger partial charge in [0.15, 0.2) is 11.5 Å². The van der Waals surface area contributed by atoms with Gasteiger partial charge < -0.3 is 14.8 Å². The molecule has 1 atom stereocenters. The van der Waals surface area contributed by atoms with Crippen molar-refractivity contribution in [1.29, 1.82) is 0 Å². The van der Waals surface area contributed by atoms with E-state index in [1.54, 1.807) is 0 Å². The van der Waals surface area contributed by atoms with Gasteiger partial charge in [0, 0.05) is 10.5 Å². The van der Waals surface area contributed by atoms with E-state index >= 15 is 0 Å². The Bertz CT molecular complexity index is 686. The first kappa shape index (κ1) is 13.2. The zero-order chi connectivity index (χ0) is 14.2. The smallest absolute Gasteiger partial charge is 0.231 e. The van der Waals surface area contributed by atoms with Crippen molar-refractivity contribution in [3.05, 3.63) is 57.6 Å². The molecular formula is C17H16BrNO2. The summed E-state index contributed by atoms with van der Waals surface area (Å²) in [5.74, 6) is 1.75. The van der Waals surface area contributed by atoms with Crippen LogP contribution < -0.4 is 14.8 Å². The summed E-state index contributed by atoms with van der Waals surface area (Å²) in [6.07, 6.45) is 2.01. The van der Waals surface area contributed by atoms with E-state index < -0.39 is 0 Å². The SMILES string of the molecule is Brc1ccccc1CC1NCCc2cc3c(cc21)OCO3. The minimum absolute atomic E-state index is 0.321. The van der Waals surface area contributed by atoms with E-state index in [2.05, 4.69) is 51.6 Å². The van der Waals surface area contributed by atoms with Crippen molar-refractivity contribution in [2.45, 2.75) is 18.9 Å². The monoisotopic (exact) mass is 345 g/mol. The summed E-state index contributed by atoms with van der Waals surface area (Å²) in [7, 11) is 0. The first-order valence-electron chi connectivity index (χ1n) is 7.20. The van der Waals surface area contributed by atoms with Crippen LogP contribution in [0.25, 0.3) is 0 Å². The molecule has 2 heterocycles. The molecule has 2 aromatic carbocycles. The van der Waals surface area contributed by atoms with Crippen molar-refractivity contribution in [2.24, 2.45) is 0 Å². The van der Waals surface area contributed by atoms with Crippen molar-refractivity contribution in [1.82, 2.24) is 5.32 Å². The number of halogens is 1. The predicted molar refractivity (Wildman–Crippen MR) is 84.9 cm³/mol. The highest BCUT2D eigenvalue weighted by molar-refractivity contribution is 9.10. The van der Waals surface area contributed by atoms with Crippen molar-refractivity contribution >= 4 is 15.9 Å². The van der Waals surface area contributed by atoms with Gasteiger partial charge >= 0.3 is 0 Å². The van der Waals surface area contributed by atoms with Crippen molar-refractivity contribution < 1.29 is 9.47 Å². The van der Waals surface area contributed by atoms with Crippen LogP contribution in [0.5, 0.6) is 11.5 Å². The zero-order valence-electron chi connectivity index (χ0n) is 11.6. The molecule has 0 aliphatic carbocycles. The Kier molecular flexibility index (Phi) is 3.36. The normalized spacial score (nSPS) is 19.4. The van der Waals surface area contributed by atoms with E-state index in [0.29, 0.717) is 12.8 Å². The average molecular weight is 346 g/mol. The second kappa shape index (κ2) is 5.35. The zero-order valence-corrected chi connectivity index (χ0v) is 13.2. The van der Waals surface area contributed by atoms with Crippen LogP contribution >= 0.6 is 15.9 Å². The molecule has 3 nitrogen and oxygen atoms in total. The van der Waals surface area contributed by atoms with Crippen LogP contribution in [0.4, 0.5) is 0 Å². The molecule has 2 aliphatic heterocycles. The molecule has 0 fully saturated rings. The molecular weight excluding hydrogens is 330 g/mol. The highest BCUT2D eigenvalue weighted by Gasteiger charge is 2.25. The molecule has 108 valence electrons. The minimum atomic E-state index is 0.321. The van der Waals surface area contributed by atoms with Crippen LogP contribution in [0.2, 0.25) is 0 Å². The number of hydrogen-bond acceptors (Lipinski definition) is 3. The first-order chi connectivity index (χ1) is 10.3. The van der Waals surface area contributed by atoms with Gasteiger partial charge in [-0.25, -0.2) is 0 Å². The quantitative estimate of drug-likeness (QED) is 0.901. The highest BCUT2D eigenvalue weighted by Crippen LogP contribution is 2.39. The third-order valence-corrected chi connectivity index (χ3v) is 4.95. The standard InChI is InChI=1S/C17H16BrNO2/c18-14-4-2-1-3-12(14)7-15-13-9-17-16(20-10-21-17)8-11(13)5-6-19-15/h1-4,8-9,15,19H,5-7,10H2. The molecule has 0 aromatic heterocycles. The molecule has 1 N–H and O–H groups in total. The Morgan fingerprint density at radius 1 is 1.14 bits per heavy atom. The summed E-state index contributed by atoms with van der Waals surface area (Å²) in [5, 5.41) is 3.62. The van der Waals surface area contributed by atoms with E-state index in [4.69, 9.17) is 9.47 Å². The molecule has 4 rings (SSSR count). The molecule has 0 spiro atoms. The lowest BCUT2D eigenvalue weighted by atomic mass is 9.90. The summed E-state index contributed by atoms with van der Waals surface area (Å²) in [6.45, 7) is 1.34. The number of nitrogens with one attached hydrogen (secondary N) is 1. The predicted octanol–water partition coefficient (Wildman–Crippen LogP) is 3.61. The van der Waals surface area contributed by atoms with Gasteiger partial charge in [-0.15, -0.1) is 0 Å². The molecule has 21 heavy (non-hydrogen) atoms. The van der Waals surface area contributed by atoms with Gasteiger partial charge in [0.1, 0.15) is 0 Å². The van der Waals surface area contributed by atoms with Crippen LogP contribution in [-0.2, 0) is 12.8 Å². The summed E-state index contributed by atoms with van der Waals surface area (Å²) < 4.78 is 12.2. The Hall–Kier alpha value is -1.52. The Labute approximate surface area is 132 Å². The second-order valence-corrected chi connectivity index (χ2v) is 6.31. The van der Waals surface area contributed by atoms with Gasteiger partial charge in [0.2, 0.25) is 6.79 Å². The second-order valence-electron chi connectivity index (χ2n) is 5.46. The largest absolute Gasteiger partial charge is 0.454 e. The molecule has 4 heteroatoms. The number of benzene rings is 2. The number of hydrogen-bond donors (Lipinski definition) is 1. The fraction of sp³-hybridized carbons (Fsp3) is 0.294. The fourth-order valence-corrected chi connectivity index (χ4v) is 3.54. The average Bonchev–Trinajstić information content (AvgIpc) is 2.95. The highest BCUT2D eigenvalue weighted by atomic mass is 79.9. The van der Waals surface area contributed by atoms with Crippen LogP contribution in [0.1, 0.15) is 22.7 Å².